The molecule has 3 N–H and O–H groups in total. The second-order valence-corrected chi connectivity index (χ2v) is 7.02. The first kappa shape index (κ1) is 18.8. The molecule has 1 saturated heterocycles. The van der Waals surface area contributed by atoms with E-state index < -0.39 is 0 Å². The van der Waals surface area contributed by atoms with Crippen LogP contribution in [0.3, 0.4) is 0 Å². The van der Waals surface area contributed by atoms with Crippen LogP contribution in [0.25, 0.3) is 10.9 Å². The van der Waals surface area contributed by atoms with Gasteiger partial charge in [-0.2, -0.15) is 0 Å². The van der Waals surface area contributed by atoms with E-state index in [1.165, 1.54) is 0 Å². The smallest absolute Gasteiger partial charge is 0.253 e. The summed E-state index contributed by atoms with van der Waals surface area (Å²) in [6, 6.07) is 7.82. The molecule has 0 radical (unpaired) electrons. The number of rotatable bonds is 6. The zero-order valence-corrected chi connectivity index (χ0v) is 15.8. The van der Waals surface area contributed by atoms with Crippen LogP contribution in [0.4, 0.5) is 0 Å². The summed E-state index contributed by atoms with van der Waals surface area (Å²) in [4.78, 5) is 17.3. The number of fused-ring (bicyclic) bond motifs is 1. The number of benzene rings is 1. The molecule has 1 aliphatic heterocycles. The molecule has 0 amide bonds. The quantitative estimate of drug-likeness (QED) is 0.667. The van der Waals surface area contributed by atoms with Gasteiger partial charge in [0.2, 0.25) is 0 Å². The van der Waals surface area contributed by atoms with Gasteiger partial charge >= 0.3 is 0 Å². The number of hydrogen-bond acceptors (Lipinski definition) is 4. The van der Waals surface area contributed by atoms with Crippen molar-refractivity contribution < 1.29 is 9.84 Å². The molecule has 26 heavy (non-hydrogen) atoms. The van der Waals surface area contributed by atoms with Crippen LogP contribution < -0.4 is 10.9 Å². The maximum Gasteiger partial charge on any atom is 0.253 e. The second-order valence-electron chi connectivity index (χ2n) is 6.63. The summed E-state index contributed by atoms with van der Waals surface area (Å²) in [5.74, 6) is 0. The summed E-state index contributed by atoms with van der Waals surface area (Å²) < 4.78 is 5.59. The molecule has 1 aliphatic rings. The molecular weight excluding hydrogens is 350 g/mol. The molecule has 2 heterocycles. The van der Waals surface area contributed by atoms with Crippen molar-refractivity contribution in [2.24, 2.45) is 0 Å². The Hall–Kier alpha value is -1.96. The van der Waals surface area contributed by atoms with E-state index in [9.17, 15) is 9.90 Å². The topological polar surface area (TPSA) is 77.6 Å². The van der Waals surface area contributed by atoms with Crippen molar-refractivity contribution in [2.45, 2.75) is 32.4 Å². The lowest BCUT2D eigenvalue weighted by molar-refractivity contribution is 0.113. The number of aromatic amines is 1. The van der Waals surface area contributed by atoms with Crippen LogP contribution in [0.5, 0.6) is 0 Å². The summed E-state index contributed by atoms with van der Waals surface area (Å²) in [5.41, 5.74) is 2.38. The molecule has 1 aromatic heterocycles. The van der Waals surface area contributed by atoms with E-state index >= 15 is 0 Å². The number of aromatic nitrogens is 1. The minimum atomic E-state index is -0.128. The lowest BCUT2D eigenvalue weighted by Gasteiger charge is -2.26. The molecule has 0 unspecified atom stereocenters. The number of ether oxygens (including phenoxy) is 1. The van der Waals surface area contributed by atoms with Crippen LogP contribution >= 0.6 is 12.2 Å². The summed E-state index contributed by atoms with van der Waals surface area (Å²) in [6.07, 6.45) is 2.28. The van der Waals surface area contributed by atoms with Crippen LogP contribution in [-0.4, -0.2) is 52.5 Å². The molecule has 140 valence electrons. The average Bonchev–Trinajstić information content (AvgIpc) is 3.14. The molecular formula is C19H25N3O3S. The predicted octanol–water partition coefficient (Wildman–Crippen LogP) is 1.68. The normalized spacial score (nSPS) is 16.8. The van der Waals surface area contributed by atoms with Crippen LogP contribution in [0.15, 0.2) is 29.1 Å². The first-order chi connectivity index (χ1) is 12.6. The van der Waals surface area contributed by atoms with E-state index in [0.29, 0.717) is 30.3 Å². The molecule has 6 nitrogen and oxygen atoms in total. The molecule has 0 saturated carbocycles. The molecule has 1 atom stereocenters. The second kappa shape index (κ2) is 8.62. The van der Waals surface area contributed by atoms with Gasteiger partial charge in [-0.15, -0.1) is 0 Å². The summed E-state index contributed by atoms with van der Waals surface area (Å²) in [5, 5.41) is 14.1. The van der Waals surface area contributed by atoms with E-state index in [1.807, 2.05) is 36.1 Å². The number of aliphatic hydroxyl groups excluding tert-OH is 1. The Balaban J connectivity index is 1.74. The molecule has 0 bridgehead atoms. The van der Waals surface area contributed by atoms with Gasteiger partial charge in [-0.05, 0) is 49.0 Å². The average molecular weight is 375 g/mol. The van der Waals surface area contributed by atoms with Gasteiger partial charge in [-0.25, -0.2) is 0 Å². The Bertz CT molecular complexity index is 830. The molecule has 7 heteroatoms. The van der Waals surface area contributed by atoms with Gasteiger partial charge in [0.15, 0.2) is 5.11 Å². The highest BCUT2D eigenvalue weighted by Gasteiger charge is 2.18. The fraction of sp³-hybridized carbons (Fsp3) is 0.474. The lowest BCUT2D eigenvalue weighted by atomic mass is 10.1. The van der Waals surface area contributed by atoms with Crippen molar-refractivity contribution in [3.05, 3.63) is 45.7 Å². The Morgan fingerprint density at radius 1 is 1.50 bits per heavy atom. The molecule has 1 aromatic carbocycles. The number of thiocarbonyl (C=S) groups is 1. The van der Waals surface area contributed by atoms with Gasteiger partial charge < -0.3 is 25.0 Å². The standard InChI is InChI=1S/C19H25N3O3S/c1-13-4-2-5-14-10-15(18(24)21-17(13)14)12-22(7-8-23)19(26)20-11-16-6-3-9-25-16/h2,4-5,10,16,23H,3,6-9,11-12H2,1H3,(H,20,26)(H,21,24)/t16-/m0/s1. The third-order valence-electron chi connectivity index (χ3n) is 4.69. The highest BCUT2D eigenvalue weighted by atomic mass is 32.1. The highest BCUT2D eigenvalue weighted by molar-refractivity contribution is 7.80. The Kier molecular flexibility index (Phi) is 6.24. The fourth-order valence-corrected chi connectivity index (χ4v) is 3.48. The number of nitrogens with one attached hydrogen (secondary N) is 2. The van der Waals surface area contributed by atoms with Gasteiger partial charge in [0, 0.05) is 25.3 Å². The lowest BCUT2D eigenvalue weighted by Crippen LogP contribution is -2.44. The van der Waals surface area contributed by atoms with Crippen LogP contribution in [0.1, 0.15) is 24.0 Å². The van der Waals surface area contributed by atoms with E-state index in [1.54, 1.807) is 0 Å². The Morgan fingerprint density at radius 3 is 3.08 bits per heavy atom. The number of nitrogens with zero attached hydrogens (tertiary/aromatic N) is 1. The maximum atomic E-state index is 12.5. The van der Waals surface area contributed by atoms with Crippen molar-refractivity contribution in [1.82, 2.24) is 15.2 Å². The van der Waals surface area contributed by atoms with E-state index in [4.69, 9.17) is 17.0 Å². The third kappa shape index (κ3) is 4.41. The van der Waals surface area contributed by atoms with Gasteiger partial charge in [0.05, 0.1) is 24.8 Å². The molecule has 3 rings (SSSR count). The van der Waals surface area contributed by atoms with Crippen LogP contribution in [0, 0.1) is 6.92 Å². The van der Waals surface area contributed by atoms with Crippen LogP contribution in [-0.2, 0) is 11.3 Å². The maximum absolute atomic E-state index is 12.5. The molecule has 2 aromatic rings. The minimum Gasteiger partial charge on any atom is -0.395 e. The van der Waals surface area contributed by atoms with Gasteiger partial charge in [0.25, 0.3) is 5.56 Å². The van der Waals surface area contributed by atoms with Crippen molar-refractivity contribution in [3.8, 4) is 0 Å². The fourth-order valence-electron chi connectivity index (χ4n) is 3.24. The Morgan fingerprint density at radius 2 is 2.35 bits per heavy atom. The zero-order chi connectivity index (χ0) is 18.5. The molecule has 0 spiro atoms. The van der Waals surface area contributed by atoms with Gasteiger partial charge in [0.1, 0.15) is 0 Å². The van der Waals surface area contributed by atoms with E-state index in [2.05, 4.69) is 10.3 Å². The summed E-state index contributed by atoms with van der Waals surface area (Å²) in [7, 11) is 0. The van der Waals surface area contributed by atoms with Crippen LogP contribution in [0.2, 0.25) is 0 Å². The van der Waals surface area contributed by atoms with E-state index in [0.717, 1.165) is 35.9 Å². The minimum absolute atomic E-state index is 0.0354. The number of hydrogen-bond donors (Lipinski definition) is 3. The number of pyridine rings is 1. The van der Waals surface area contributed by atoms with Crippen molar-refractivity contribution in [2.75, 3.05) is 26.3 Å². The number of para-hydroxylation sites is 1. The number of H-pyrrole nitrogens is 1. The third-order valence-corrected chi connectivity index (χ3v) is 5.09. The summed E-state index contributed by atoms with van der Waals surface area (Å²) >= 11 is 5.47. The monoisotopic (exact) mass is 375 g/mol. The first-order valence-electron chi connectivity index (χ1n) is 8.95. The van der Waals surface area contributed by atoms with E-state index in [-0.39, 0.29) is 18.3 Å². The molecule has 0 aliphatic carbocycles. The Labute approximate surface area is 158 Å². The van der Waals surface area contributed by atoms with Crippen molar-refractivity contribution in [1.29, 1.82) is 0 Å². The largest absolute Gasteiger partial charge is 0.395 e. The van der Waals surface area contributed by atoms with Crippen molar-refractivity contribution >= 4 is 28.2 Å². The van der Waals surface area contributed by atoms with Gasteiger partial charge in [-0.1, -0.05) is 18.2 Å². The number of aliphatic hydroxyl groups is 1. The summed E-state index contributed by atoms with van der Waals surface area (Å²) in [6.45, 7) is 4.09. The molecule has 1 fully saturated rings. The first-order valence-corrected chi connectivity index (χ1v) is 9.36. The highest BCUT2D eigenvalue weighted by Crippen LogP contribution is 2.16. The van der Waals surface area contributed by atoms with Gasteiger partial charge in [-0.3, -0.25) is 4.79 Å². The van der Waals surface area contributed by atoms with Crippen molar-refractivity contribution in [3.63, 3.8) is 0 Å². The zero-order valence-electron chi connectivity index (χ0n) is 15.0. The number of aryl methyl sites for hydroxylation is 1. The SMILES string of the molecule is Cc1cccc2cc(CN(CCO)C(=S)NC[C@@H]3CCCO3)c(=O)[nH]c12. The predicted molar refractivity (Wildman–Crippen MR) is 106 cm³/mol.